The molecule has 0 aromatic carbocycles. The number of carbonyl (C=O) groups excluding carboxylic acids is 1. The van der Waals surface area contributed by atoms with E-state index in [2.05, 4.69) is 17.3 Å². The maximum Gasteiger partial charge on any atom is 0.149 e. The van der Waals surface area contributed by atoms with E-state index < -0.39 is 0 Å². The summed E-state index contributed by atoms with van der Waals surface area (Å²) >= 11 is 0. The van der Waals surface area contributed by atoms with Gasteiger partial charge < -0.3 is 10.2 Å². The molecular weight excluding hydrogens is 152 g/mol. The molecule has 0 radical (unpaired) electrons. The highest BCUT2D eigenvalue weighted by Crippen LogP contribution is 2.21. The number of nitrogens with one attached hydrogen (secondary N) is 1. The molecule has 70 valence electrons. The van der Waals surface area contributed by atoms with Gasteiger partial charge in [0.15, 0.2) is 0 Å². The Labute approximate surface area is 74.1 Å². The molecule has 1 rings (SSSR count). The van der Waals surface area contributed by atoms with Gasteiger partial charge in [0, 0.05) is 13.1 Å². The molecule has 0 unspecified atom stereocenters. The van der Waals surface area contributed by atoms with Gasteiger partial charge >= 0.3 is 0 Å². The Morgan fingerprint density at radius 1 is 1.42 bits per heavy atom. The van der Waals surface area contributed by atoms with Crippen molar-refractivity contribution >= 4 is 5.78 Å². The van der Waals surface area contributed by atoms with Gasteiger partial charge in [-0.2, -0.15) is 0 Å². The number of hydrogen-bond donors (Lipinski definition) is 1. The van der Waals surface area contributed by atoms with Crippen molar-refractivity contribution in [1.29, 1.82) is 0 Å². The Kier molecular flexibility index (Phi) is 2.85. The molecule has 0 aromatic rings. The number of likely N-dealkylation sites (tertiary alicyclic amines) is 1. The lowest BCUT2D eigenvalue weighted by Gasteiger charge is -2.38. The van der Waals surface area contributed by atoms with Crippen LogP contribution < -0.4 is 5.32 Å². The fourth-order valence-corrected chi connectivity index (χ4v) is 1.78. The Bertz CT molecular complexity index is 171. The van der Waals surface area contributed by atoms with Crippen molar-refractivity contribution in [2.24, 2.45) is 0 Å². The molecule has 1 heterocycles. The van der Waals surface area contributed by atoms with Gasteiger partial charge in [0.1, 0.15) is 5.78 Å². The van der Waals surface area contributed by atoms with E-state index in [9.17, 15) is 4.79 Å². The lowest BCUT2D eigenvalue weighted by atomic mass is 9.84. The Hall–Kier alpha value is -0.410. The number of ketones is 1. The standard InChI is InChI=1S/C9H18N2O/c1-8(12)9(10-2)4-6-11(3)7-5-9/h10H,4-7H2,1-3H3. The zero-order valence-electron chi connectivity index (χ0n) is 8.18. The van der Waals surface area contributed by atoms with Crippen molar-refractivity contribution in [3.8, 4) is 0 Å². The van der Waals surface area contributed by atoms with Gasteiger partial charge in [-0.1, -0.05) is 0 Å². The van der Waals surface area contributed by atoms with Gasteiger partial charge in [0.25, 0.3) is 0 Å². The fraction of sp³-hybridized carbons (Fsp3) is 0.889. The van der Waals surface area contributed by atoms with E-state index in [0.717, 1.165) is 25.9 Å². The lowest BCUT2D eigenvalue weighted by Crippen LogP contribution is -2.55. The maximum atomic E-state index is 11.4. The van der Waals surface area contributed by atoms with E-state index in [-0.39, 0.29) is 11.3 Å². The molecule has 3 nitrogen and oxygen atoms in total. The number of piperidine rings is 1. The van der Waals surface area contributed by atoms with Crippen molar-refractivity contribution in [1.82, 2.24) is 10.2 Å². The van der Waals surface area contributed by atoms with Crippen molar-refractivity contribution in [2.75, 3.05) is 27.2 Å². The summed E-state index contributed by atoms with van der Waals surface area (Å²) in [6.07, 6.45) is 1.88. The topological polar surface area (TPSA) is 32.3 Å². The predicted octanol–water partition coefficient (Wildman–Crippen LogP) is 0.259. The first-order chi connectivity index (χ1) is 5.60. The molecule has 1 saturated heterocycles. The van der Waals surface area contributed by atoms with Crippen molar-refractivity contribution < 1.29 is 4.79 Å². The summed E-state index contributed by atoms with van der Waals surface area (Å²) < 4.78 is 0. The Balaban J connectivity index is 2.63. The van der Waals surface area contributed by atoms with Crippen LogP contribution >= 0.6 is 0 Å². The second kappa shape index (κ2) is 3.54. The number of hydrogen-bond acceptors (Lipinski definition) is 3. The molecule has 12 heavy (non-hydrogen) atoms. The largest absolute Gasteiger partial charge is 0.308 e. The Morgan fingerprint density at radius 2 is 1.92 bits per heavy atom. The number of nitrogens with zero attached hydrogens (tertiary/aromatic N) is 1. The van der Waals surface area contributed by atoms with E-state index in [1.165, 1.54) is 0 Å². The minimum absolute atomic E-state index is 0.230. The minimum atomic E-state index is -0.230. The van der Waals surface area contributed by atoms with Crippen LogP contribution in [0.4, 0.5) is 0 Å². The smallest absolute Gasteiger partial charge is 0.149 e. The summed E-state index contributed by atoms with van der Waals surface area (Å²) in [6, 6.07) is 0. The average Bonchev–Trinajstić information content (AvgIpc) is 2.06. The summed E-state index contributed by atoms with van der Waals surface area (Å²) in [5.41, 5.74) is -0.230. The summed E-state index contributed by atoms with van der Waals surface area (Å²) in [7, 11) is 3.98. The molecular formula is C9H18N2O. The third-order valence-electron chi connectivity index (χ3n) is 2.99. The zero-order valence-corrected chi connectivity index (χ0v) is 8.18. The van der Waals surface area contributed by atoms with Crippen LogP contribution in [-0.4, -0.2) is 43.4 Å². The van der Waals surface area contributed by atoms with Gasteiger partial charge in [-0.3, -0.25) is 4.79 Å². The van der Waals surface area contributed by atoms with E-state index in [1.54, 1.807) is 6.92 Å². The van der Waals surface area contributed by atoms with Crippen LogP contribution in [0.2, 0.25) is 0 Å². The number of rotatable bonds is 2. The van der Waals surface area contributed by atoms with Crippen molar-refractivity contribution in [3.05, 3.63) is 0 Å². The SMILES string of the molecule is CNC1(C(C)=O)CCN(C)CC1. The number of carbonyl (C=O) groups is 1. The van der Waals surface area contributed by atoms with Gasteiger partial charge in [-0.15, -0.1) is 0 Å². The van der Waals surface area contributed by atoms with Crippen LogP contribution in [0.15, 0.2) is 0 Å². The van der Waals surface area contributed by atoms with Gasteiger partial charge in [-0.25, -0.2) is 0 Å². The number of Topliss-reactive ketones (excluding diaryl/α,β-unsaturated/α-hetero) is 1. The first-order valence-electron chi connectivity index (χ1n) is 4.49. The molecule has 0 spiro atoms. The van der Waals surface area contributed by atoms with Crippen LogP contribution in [0, 0.1) is 0 Å². The van der Waals surface area contributed by atoms with Crippen LogP contribution in [0.3, 0.4) is 0 Å². The van der Waals surface area contributed by atoms with Crippen LogP contribution in [0.5, 0.6) is 0 Å². The Morgan fingerprint density at radius 3 is 2.25 bits per heavy atom. The lowest BCUT2D eigenvalue weighted by molar-refractivity contribution is -0.124. The monoisotopic (exact) mass is 170 g/mol. The van der Waals surface area contributed by atoms with Crippen LogP contribution in [-0.2, 0) is 4.79 Å². The normalized spacial score (nSPS) is 23.9. The van der Waals surface area contributed by atoms with Gasteiger partial charge in [0.2, 0.25) is 0 Å². The molecule has 0 saturated carbocycles. The minimum Gasteiger partial charge on any atom is -0.308 e. The van der Waals surface area contributed by atoms with Crippen molar-refractivity contribution in [2.45, 2.75) is 25.3 Å². The average molecular weight is 170 g/mol. The molecule has 3 heteroatoms. The van der Waals surface area contributed by atoms with Gasteiger partial charge in [0.05, 0.1) is 5.54 Å². The highest BCUT2D eigenvalue weighted by Gasteiger charge is 2.36. The van der Waals surface area contributed by atoms with Crippen LogP contribution in [0.1, 0.15) is 19.8 Å². The molecule has 1 aliphatic rings. The molecule has 1 fully saturated rings. The summed E-state index contributed by atoms with van der Waals surface area (Å²) in [4.78, 5) is 13.6. The predicted molar refractivity (Wildman–Crippen MR) is 49.2 cm³/mol. The molecule has 0 aromatic heterocycles. The molecule has 0 bridgehead atoms. The van der Waals surface area contributed by atoms with Crippen molar-refractivity contribution in [3.63, 3.8) is 0 Å². The highest BCUT2D eigenvalue weighted by molar-refractivity contribution is 5.86. The maximum absolute atomic E-state index is 11.4. The van der Waals surface area contributed by atoms with Gasteiger partial charge in [-0.05, 0) is 33.9 Å². The molecule has 1 aliphatic heterocycles. The van der Waals surface area contributed by atoms with E-state index in [1.807, 2.05) is 7.05 Å². The third-order valence-corrected chi connectivity index (χ3v) is 2.99. The fourth-order valence-electron chi connectivity index (χ4n) is 1.78. The summed E-state index contributed by atoms with van der Waals surface area (Å²) in [6.45, 7) is 3.71. The molecule has 0 amide bonds. The van der Waals surface area contributed by atoms with E-state index in [0.29, 0.717) is 0 Å². The van der Waals surface area contributed by atoms with E-state index >= 15 is 0 Å². The van der Waals surface area contributed by atoms with E-state index in [4.69, 9.17) is 0 Å². The zero-order chi connectivity index (χ0) is 9.19. The summed E-state index contributed by atoms with van der Waals surface area (Å²) in [5.74, 6) is 0.276. The third kappa shape index (κ3) is 1.67. The molecule has 0 atom stereocenters. The van der Waals surface area contributed by atoms with Crippen LogP contribution in [0.25, 0.3) is 0 Å². The molecule has 1 N–H and O–H groups in total. The highest BCUT2D eigenvalue weighted by atomic mass is 16.1. The quantitative estimate of drug-likeness (QED) is 0.645. The first kappa shape index (κ1) is 9.68. The first-order valence-corrected chi connectivity index (χ1v) is 4.49. The number of likely N-dealkylation sites (N-methyl/N-ethyl adjacent to an activating group) is 1. The second-order valence-corrected chi connectivity index (χ2v) is 3.69. The summed E-state index contributed by atoms with van der Waals surface area (Å²) in [5, 5.41) is 3.16. The second-order valence-electron chi connectivity index (χ2n) is 3.69. The molecule has 0 aliphatic carbocycles.